The number of hydrazone groups is 1. The number of hydrogen-bond donors (Lipinski definition) is 0. The summed E-state index contributed by atoms with van der Waals surface area (Å²) in [6, 6.07) is 11.1. The molecule has 0 aromatic heterocycles. The van der Waals surface area contributed by atoms with Crippen molar-refractivity contribution in [2.75, 3.05) is 9.66 Å². The normalized spacial score (nSPS) is 21.8. The van der Waals surface area contributed by atoms with Gasteiger partial charge < -0.3 is 3.11 Å². The number of carbonyl (C=O) groups is 1. The molecule has 1 amide bonds. The number of carbonyl (C=O) groups excluding carboxylic acids is 1. The monoisotopic (exact) mass is 485 g/mol. The SMILES string of the molecule is CC(=O)N1N=C(c2cc(F)ccc2F)SC12CCN(I)c1ccccc12. The molecule has 2 heterocycles. The molecule has 0 fully saturated rings. The maximum atomic E-state index is 14.3. The summed E-state index contributed by atoms with van der Waals surface area (Å²) in [6.07, 6.45) is 0.626. The van der Waals surface area contributed by atoms with E-state index in [0.29, 0.717) is 18.0 Å². The Labute approximate surface area is 167 Å². The predicted molar refractivity (Wildman–Crippen MR) is 107 cm³/mol. The van der Waals surface area contributed by atoms with E-state index in [4.69, 9.17) is 0 Å². The minimum absolute atomic E-state index is 0.0764. The second-order valence-corrected chi connectivity index (χ2v) is 8.53. The van der Waals surface area contributed by atoms with E-state index in [9.17, 15) is 13.6 Å². The van der Waals surface area contributed by atoms with Crippen LogP contribution in [0.5, 0.6) is 0 Å². The number of rotatable bonds is 1. The number of anilines is 1. The fourth-order valence-corrected chi connectivity index (χ4v) is 5.44. The first-order chi connectivity index (χ1) is 12.4. The molecule has 1 atom stereocenters. The first kappa shape index (κ1) is 17.7. The van der Waals surface area contributed by atoms with Crippen LogP contribution >= 0.6 is 34.6 Å². The van der Waals surface area contributed by atoms with E-state index in [1.807, 2.05) is 24.3 Å². The summed E-state index contributed by atoms with van der Waals surface area (Å²) in [5.41, 5.74) is 2.01. The number of para-hydroxylation sites is 1. The molecule has 0 N–H and O–H groups in total. The lowest BCUT2D eigenvalue weighted by atomic mass is 9.96. The zero-order chi connectivity index (χ0) is 18.5. The van der Waals surface area contributed by atoms with E-state index in [-0.39, 0.29) is 11.5 Å². The Kier molecular flexibility index (Phi) is 4.42. The third-order valence-electron chi connectivity index (χ3n) is 4.49. The van der Waals surface area contributed by atoms with Crippen LogP contribution in [-0.2, 0) is 9.67 Å². The second-order valence-electron chi connectivity index (χ2n) is 6.10. The van der Waals surface area contributed by atoms with E-state index in [1.165, 1.54) is 23.7 Å². The van der Waals surface area contributed by atoms with Gasteiger partial charge >= 0.3 is 0 Å². The fraction of sp³-hybridized carbons (Fsp3) is 0.222. The van der Waals surface area contributed by atoms with Crippen molar-refractivity contribution in [2.45, 2.75) is 18.2 Å². The first-order valence-electron chi connectivity index (χ1n) is 7.99. The minimum atomic E-state index is -0.752. The summed E-state index contributed by atoms with van der Waals surface area (Å²) >= 11 is 3.55. The summed E-state index contributed by atoms with van der Waals surface area (Å²) in [6.45, 7) is 2.15. The number of hydrogen-bond acceptors (Lipinski definition) is 4. The Morgan fingerprint density at radius 3 is 2.81 bits per heavy atom. The van der Waals surface area contributed by atoms with Crippen LogP contribution in [0.1, 0.15) is 24.5 Å². The highest BCUT2D eigenvalue weighted by molar-refractivity contribution is 14.1. The summed E-state index contributed by atoms with van der Waals surface area (Å²) in [4.78, 5) is 11.6. The maximum absolute atomic E-state index is 14.3. The van der Waals surface area contributed by atoms with Crippen molar-refractivity contribution in [3.05, 3.63) is 65.2 Å². The number of benzene rings is 2. The Balaban J connectivity index is 1.86. The standard InChI is InChI=1S/C18H14F2IN3OS/c1-11(25)24-18(8-9-23(21)16-5-3-2-4-14(16)18)26-17(22-24)13-10-12(19)6-7-15(13)20/h2-7,10H,8-9H2,1H3. The molecule has 0 saturated heterocycles. The van der Waals surface area contributed by atoms with E-state index >= 15 is 0 Å². The van der Waals surface area contributed by atoms with Crippen LogP contribution in [0.3, 0.4) is 0 Å². The molecule has 0 aliphatic carbocycles. The molecule has 2 aliphatic heterocycles. The molecular formula is C18H14F2IN3OS. The number of halogens is 3. The van der Waals surface area contributed by atoms with Crippen molar-refractivity contribution >= 4 is 51.3 Å². The van der Waals surface area contributed by atoms with Crippen molar-refractivity contribution in [3.63, 3.8) is 0 Å². The number of amides is 1. The van der Waals surface area contributed by atoms with Crippen LogP contribution < -0.4 is 3.11 Å². The third-order valence-corrected chi connectivity index (χ3v) is 6.92. The van der Waals surface area contributed by atoms with Crippen LogP contribution in [0.25, 0.3) is 0 Å². The Morgan fingerprint density at radius 2 is 2.04 bits per heavy atom. The van der Waals surface area contributed by atoms with Crippen molar-refractivity contribution in [2.24, 2.45) is 5.10 Å². The van der Waals surface area contributed by atoms with Gasteiger partial charge in [0.25, 0.3) is 0 Å². The predicted octanol–water partition coefficient (Wildman–Crippen LogP) is 4.63. The summed E-state index contributed by atoms with van der Waals surface area (Å²) in [5, 5.41) is 6.13. The van der Waals surface area contributed by atoms with Crippen LogP contribution in [0.15, 0.2) is 47.6 Å². The second kappa shape index (κ2) is 6.49. The molecule has 2 aromatic rings. The number of fused-ring (bicyclic) bond motifs is 2. The molecule has 2 aromatic carbocycles. The molecule has 0 radical (unpaired) electrons. The van der Waals surface area contributed by atoms with Crippen LogP contribution in [-0.4, -0.2) is 22.5 Å². The van der Waals surface area contributed by atoms with Gasteiger partial charge in [-0.15, -0.1) is 0 Å². The number of nitrogens with zero attached hydrogens (tertiary/aromatic N) is 3. The van der Waals surface area contributed by atoms with Crippen molar-refractivity contribution in [3.8, 4) is 0 Å². The zero-order valence-corrected chi connectivity index (χ0v) is 16.7. The van der Waals surface area contributed by atoms with Gasteiger partial charge in [-0.05, 0) is 24.3 Å². The van der Waals surface area contributed by atoms with E-state index in [1.54, 1.807) is 0 Å². The average Bonchev–Trinajstić information content (AvgIpc) is 3.01. The highest BCUT2D eigenvalue weighted by Crippen LogP contribution is 2.55. The summed E-state index contributed by atoms with van der Waals surface area (Å²) in [7, 11) is 0. The van der Waals surface area contributed by atoms with E-state index < -0.39 is 16.5 Å². The van der Waals surface area contributed by atoms with Gasteiger partial charge in [0.1, 0.15) is 21.5 Å². The molecule has 26 heavy (non-hydrogen) atoms. The van der Waals surface area contributed by atoms with Gasteiger partial charge in [-0.25, -0.2) is 13.8 Å². The lowest BCUT2D eigenvalue weighted by Gasteiger charge is -2.42. The highest BCUT2D eigenvalue weighted by atomic mass is 127. The van der Waals surface area contributed by atoms with Gasteiger partial charge in [-0.3, -0.25) is 4.79 Å². The van der Waals surface area contributed by atoms with Crippen molar-refractivity contribution in [1.82, 2.24) is 5.01 Å². The lowest BCUT2D eigenvalue weighted by molar-refractivity contribution is -0.132. The number of thioether (sulfide) groups is 1. The molecule has 0 bridgehead atoms. The molecule has 4 nitrogen and oxygen atoms in total. The highest BCUT2D eigenvalue weighted by Gasteiger charge is 2.51. The topological polar surface area (TPSA) is 35.9 Å². The molecule has 2 aliphatic rings. The molecular weight excluding hydrogens is 471 g/mol. The van der Waals surface area contributed by atoms with Crippen LogP contribution in [0.4, 0.5) is 14.5 Å². The quantitative estimate of drug-likeness (QED) is 0.437. The molecule has 4 rings (SSSR count). The molecule has 1 unspecified atom stereocenters. The summed E-state index contributed by atoms with van der Waals surface area (Å²) < 4.78 is 30.0. The first-order valence-corrected chi connectivity index (χ1v) is 9.77. The summed E-state index contributed by atoms with van der Waals surface area (Å²) in [5.74, 6) is -1.33. The molecule has 0 saturated carbocycles. The average molecular weight is 485 g/mol. The third kappa shape index (κ3) is 2.70. The van der Waals surface area contributed by atoms with Gasteiger partial charge in [0.15, 0.2) is 0 Å². The van der Waals surface area contributed by atoms with Crippen molar-refractivity contribution < 1.29 is 13.6 Å². The fourth-order valence-electron chi connectivity index (χ4n) is 3.34. The molecule has 8 heteroatoms. The molecule has 134 valence electrons. The Hall–Kier alpha value is -1.68. The van der Waals surface area contributed by atoms with Gasteiger partial charge in [0.2, 0.25) is 5.91 Å². The Bertz CT molecular complexity index is 938. The van der Waals surface area contributed by atoms with Crippen LogP contribution in [0, 0.1) is 11.6 Å². The van der Waals surface area contributed by atoms with E-state index in [0.717, 1.165) is 29.4 Å². The van der Waals surface area contributed by atoms with E-state index in [2.05, 4.69) is 31.1 Å². The molecule has 1 spiro atoms. The largest absolute Gasteiger partial charge is 0.314 e. The smallest absolute Gasteiger partial charge is 0.241 e. The maximum Gasteiger partial charge on any atom is 0.241 e. The van der Waals surface area contributed by atoms with Gasteiger partial charge in [0.05, 0.1) is 28.6 Å². The Morgan fingerprint density at radius 1 is 1.27 bits per heavy atom. The van der Waals surface area contributed by atoms with Gasteiger partial charge in [0, 0.05) is 31.0 Å². The minimum Gasteiger partial charge on any atom is -0.314 e. The lowest BCUT2D eigenvalue weighted by Crippen LogP contribution is -2.45. The van der Waals surface area contributed by atoms with Crippen molar-refractivity contribution in [1.29, 1.82) is 0 Å². The van der Waals surface area contributed by atoms with Gasteiger partial charge in [-0.2, -0.15) is 5.10 Å². The zero-order valence-electron chi connectivity index (χ0n) is 13.7. The van der Waals surface area contributed by atoms with Crippen LogP contribution in [0.2, 0.25) is 0 Å². The van der Waals surface area contributed by atoms with Gasteiger partial charge in [-0.1, -0.05) is 30.0 Å².